The van der Waals surface area contributed by atoms with Gasteiger partial charge in [-0.3, -0.25) is 4.99 Å². The second-order valence-corrected chi connectivity index (χ2v) is 4.04. The van der Waals surface area contributed by atoms with Crippen molar-refractivity contribution in [2.45, 2.75) is 25.3 Å². The van der Waals surface area contributed by atoms with Gasteiger partial charge in [0, 0.05) is 13.1 Å². The Labute approximate surface area is 79.2 Å². The maximum atomic E-state index is 5.63. The second kappa shape index (κ2) is 3.18. The fraction of sp³-hybridized carbons (Fsp3) is 0.889. The number of aliphatic imine (C=N–C) groups is 1. The zero-order valence-corrected chi connectivity index (χ0v) is 8.21. The zero-order valence-electron chi connectivity index (χ0n) is 8.21. The van der Waals surface area contributed by atoms with Gasteiger partial charge in [0.05, 0.1) is 12.1 Å². The number of nitrogens with zero attached hydrogens (tertiary/aromatic N) is 2. The van der Waals surface area contributed by atoms with E-state index in [0.29, 0.717) is 5.96 Å². The molecular formula is C9H18N4. The molecule has 0 aliphatic carbocycles. The summed E-state index contributed by atoms with van der Waals surface area (Å²) in [5.74, 6) is 0.630. The summed E-state index contributed by atoms with van der Waals surface area (Å²) in [6.45, 7) is 6.59. The fourth-order valence-electron chi connectivity index (χ4n) is 2.17. The highest BCUT2D eigenvalue weighted by Gasteiger charge is 2.37. The average molecular weight is 182 g/mol. The Morgan fingerprint density at radius 3 is 2.69 bits per heavy atom. The highest BCUT2D eigenvalue weighted by atomic mass is 15.2. The highest BCUT2D eigenvalue weighted by Crippen LogP contribution is 2.24. The van der Waals surface area contributed by atoms with Gasteiger partial charge < -0.3 is 16.0 Å². The van der Waals surface area contributed by atoms with Crippen LogP contribution in [0.2, 0.25) is 0 Å². The van der Waals surface area contributed by atoms with Crippen molar-refractivity contribution in [1.82, 2.24) is 10.2 Å². The molecule has 0 amide bonds. The Kier molecular flexibility index (Phi) is 2.15. The van der Waals surface area contributed by atoms with E-state index in [1.807, 2.05) is 0 Å². The number of nitrogens with one attached hydrogen (secondary N) is 1. The SMILES string of the molecule is CCN1CCC2(CC1)CN=C(N)N2. The van der Waals surface area contributed by atoms with Gasteiger partial charge in [0.2, 0.25) is 0 Å². The van der Waals surface area contributed by atoms with E-state index in [9.17, 15) is 0 Å². The Balaban J connectivity index is 1.91. The number of rotatable bonds is 1. The molecule has 1 saturated heterocycles. The number of piperidine rings is 1. The summed E-state index contributed by atoms with van der Waals surface area (Å²) in [7, 11) is 0. The lowest BCUT2D eigenvalue weighted by molar-refractivity contribution is 0.165. The molecule has 13 heavy (non-hydrogen) atoms. The molecule has 0 bridgehead atoms. The van der Waals surface area contributed by atoms with Crippen LogP contribution in [-0.2, 0) is 0 Å². The Hall–Kier alpha value is -0.770. The van der Waals surface area contributed by atoms with E-state index in [1.54, 1.807) is 0 Å². The molecule has 0 unspecified atom stereocenters. The second-order valence-electron chi connectivity index (χ2n) is 4.04. The minimum atomic E-state index is 0.204. The van der Waals surface area contributed by atoms with Gasteiger partial charge in [-0.25, -0.2) is 0 Å². The first-order valence-electron chi connectivity index (χ1n) is 5.04. The van der Waals surface area contributed by atoms with Crippen LogP contribution in [0.15, 0.2) is 4.99 Å². The Bertz CT molecular complexity index is 216. The predicted octanol–water partition coefficient (Wildman–Crippen LogP) is -0.241. The van der Waals surface area contributed by atoms with E-state index in [1.165, 1.54) is 25.9 Å². The van der Waals surface area contributed by atoms with Crippen molar-refractivity contribution in [3.8, 4) is 0 Å². The molecular weight excluding hydrogens is 164 g/mol. The lowest BCUT2D eigenvalue weighted by Crippen LogP contribution is -2.54. The third kappa shape index (κ3) is 1.63. The normalized spacial score (nSPS) is 27.3. The summed E-state index contributed by atoms with van der Waals surface area (Å²) in [5.41, 5.74) is 5.84. The summed E-state index contributed by atoms with van der Waals surface area (Å²) >= 11 is 0. The van der Waals surface area contributed by atoms with Crippen LogP contribution in [0.1, 0.15) is 19.8 Å². The molecule has 2 aliphatic rings. The van der Waals surface area contributed by atoms with Crippen molar-refractivity contribution < 1.29 is 0 Å². The number of guanidine groups is 1. The van der Waals surface area contributed by atoms with Crippen LogP contribution in [0.25, 0.3) is 0 Å². The monoisotopic (exact) mass is 182 g/mol. The molecule has 2 heterocycles. The van der Waals surface area contributed by atoms with Gasteiger partial charge in [0.25, 0.3) is 0 Å². The molecule has 0 radical (unpaired) electrons. The first kappa shape index (κ1) is 8.81. The number of hydrogen-bond acceptors (Lipinski definition) is 4. The molecule has 0 atom stereocenters. The van der Waals surface area contributed by atoms with Crippen LogP contribution in [0.4, 0.5) is 0 Å². The molecule has 2 aliphatic heterocycles. The van der Waals surface area contributed by atoms with Crippen LogP contribution >= 0.6 is 0 Å². The third-order valence-electron chi connectivity index (χ3n) is 3.21. The largest absolute Gasteiger partial charge is 0.370 e. The van der Waals surface area contributed by atoms with Crippen molar-refractivity contribution in [1.29, 1.82) is 0 Å². The maximum Gasteiger partial charge on any atom is 0.189 e. The van der Waals surface area contributed by atoms with E-state index in [0.717, 1.165) is 13.1 Å². The third-order valence-corrected chi connectivity index (χ3v) is 3.21. The predicted molar refractivity (Wildman–Crippen MR) is 53.7 cm³/mol. The fourth-order valence-corrected chi connectivity index (χ4v) is 2.17. The molecule has 0 aromatic heterocycles. The molecule has 4 nitrogen and oxygen atoms in total. The van der Waals surface area contributed by atoms with Crippen molar-refractivity contribution in [3.63, 3.8) is 0 Å². The topological polar surface area (TPSA) is 53.6 Å². The lowest BCUT2D eigenvalue weighted by Gasteiger charge is -2.38. The standard InChI is InChI=1S/C9H18N4/c1-2-13-5-3-9(4-6-13)7-11-8(10)12-9/h2-7H2,1H3,(H3,10,11,12). The molecule has 0 saturated carbocycles. The molecule has 1 spiro atoms. The van der Waals surface area contributed by atoms with Gasteiger partial charge >= 0.3 is 0 Å². The molecule has 4 heteroatoms. The average Bonchev–Trinajstić information content (AvgIpc) is 2.49. The van der Waals surface area contributed by atoms with Gasteiger partial charge in [-0.05, 0) is 19.4 Å². The van der Waals surface area contributed by atoms with Gasteiger partial charge in [0.15, 0.2) is 5.96 Å². The summed E-state index contributed by atoms with van der Waals surface area (Å²) in [5, 5.41) is 3.31. The van der Waals surface area contributed by atoms with E-state index < -0.39 is 0 Å². The summed E-state index contributed by atoms with van der Waals surface area (Å²) in [4.78, 5) is 6.70. The van der Waals surface area contributed by atoms with Crippen molar-refractivity contribution >= 4 is 5.96 Å². The van der Waals surface area contributed by atoms with Gasteiger partial charge in [0.1, 0.15) is 0 Å². The summed E-state index contributed by atoms with van der Waals surface area (Å²) in [6.07, 6.45) is 2.34. The quantitative estimate of drug-likeness (QED) is 0.588. The van der Waals surface area contributed by atoms with Crippen LogP contribution < -0.4 is 11.1 Å². The molecule has 2 rings (SSSR count). The summed E-state index contributed by atoms with van der Waals surface area (Å²) in [6, 6.07) is 0. The van der Waals surface area contributed by atoms with Gasteiger partial charge in [-0.2, -0.15) is 0 Å². The summed E-state index contributed by atoms with van der Waals surface area (Å²) < 4.78 is 0. The first-order valence-corrected chi connectivity index (χ1v) is 5.04. The first-order chi connectivity index (χ1) is 6.24. The lowest BCUT2D eigenvalue weighted by atomic mass is 9.88. The van der Waals surface area contributed by atoms with Gasteiger partial charge in [-0.1, -0.05) is 6.92 Å². The van der Waals surface area contributed by atoms with E-state index in [4.69, 9.17) is 5.73 Å². The van der Waals surface area contributed by atoms with Crippen molar-refractivity contribution in [3.05, 3.63) is 0 Å². The van der Waals surface area contributed by atoms with Gasteiger partial charge in [-0.15, -0.1) is 0 Å². The van der Waals surface area contributed by atoms with Crippen molar-refractivity contribution in [2.24, 2.45) is 10.7 Å². The molecule has 3 N–H and O–H groups in total. The van der Waals surface area contributed by atoms with Crippen LogP contribution in [0, 0.1) is 0 Å². The Morgan fingerprint density at radius 1 is 1.54 bits per heavy atom. The van der Waals surface area contributed by atoms with E-state index in [-0.39, 0.29) is 5.54 Å². The smallest absolute Gasteiger partial charge is 0.189 e. The van der Waals surface area contributed by atoms with Crippen LogP contribution in [0.5, 0.6) is 0 Å². The number of hydrogen-bond donors (Lipinski definition) is 2. The van der Waals surface area contributed by atoms with Crippen molar-refractivity contribution in [2.75, 3.05) is 26.2 Å². The highest BCUT2D eigenvalue weighted by molar-refractivity contribution is 5.80. The number of likely N-dealkylation sites (tertiary alicyclic amines) is 1. The van der Waals surface area contributed by atoms with E-state index >= 15 is 0 Å². The Morgan fingerprint density at radius 2 is 2.23 bits per heavy atom. The van der Waals surface area contributed by atoms with E-state index in [2.05, 4.69) is 22.1 Å². The molecule has 1 fully saturated rings. The minimum absolute atomic E-state index is 0.204. The molecule has 74 valence electrons. The zero-order chi connectivity index (χ0) is 9.31. The van der Waals surface area contributed by atoms with Crippen LogP contribution in [-0.4, -0.2) is 42.6 Å². The maximum absolute atomic E-state index is 5.63. The minimum Gasteiger partial charge on any atom is -0.370 e. The van der Waals surface area contributed by atoms with Crippen LogP contribution in [0.3, 0.4) is 0 Å². The number of nitrogens with two attached hydrogens (primary N) is 1. The molecule has 0 aromatic carbocycles. The molecule has 0 aromatic rings.